The first kappa shape index (κ1) is 39.0. The summed E-state index contributed by atoms with van der Waals surface area (Å²) in [6.07, 6.45) is 13.7. The Bertz CT molecular complexity index is 2630. The van der Waals surface area contributed by atoms with Gasteiger partial charge in [0.25, 0.3) is 0 Å². The van der Waals surface area contributed by atoms with E-state index in [1.807, 2.05) is 24.3 Å². The predicted molar refractivity (Wildman–Crippen MR) is 230 cm³/mol. The third-order valence-electron chi connectivity index (χ3n) is 11.6. The highest BCUT2D eigenvalue weighted by Gasteiger charge is 2.45. The van der Waals surface area contributed by atoms with Gasteiger partial charge in [-0.3, -0.25) is 0 Å². The maximum atomic E-state index is 11.7. The van der Waals surface area contributed by atoms with E-state index in [1.54, 1.807) is 72.8 Å². The van der Waals surface area contributed by atoms with Crippen LogP contribution in [0.5, 0.6) is 0 Å². The second-order valence-electron chi connectivity index (χ2n) is 14.9. The molecule has 2 aliphatic carbocycles. The molecule has 8 heteroatoms. The average Bonchev–Trinajstić information content (AvgIpc) is 3.78. The van der Waals surface area contributed by atoms with Crippen LogP contribution < -0.4 is 0 Å². The molecule has 0 aliphatic heterocycles. The van der Waals surface area contributed by atoms with E-state index >= 15 is 0 Å². The molecule has 0 spiro atoms. The number of hydrogen-bond donors (Lipinski definition) is 4. The van der Waals surface area contributed by atoms with Crippen molar-refractivity contribution in [3.63, 3.8) is 0 Å². The molecule has 0 aromatic heterocycles. The Labute approximate surface area is 346 Å². The number of benzene rings is 6. The molecule has 8 nitrogen and oxygen atoms in total. The summed E-state index contributed by atoms with van der Waals surface area (Å²) in [5, 5.41) is 38.0. The van der Waals surface area contributed by atoms with Crippen LogP contribution in [-0.2, 0) is 5.41 Å². The molecule has 0 fully saturated rings. The van der Waals surface area contributed by atoms with Crippen molar-refractivity contribution in [3.05, 3.63) is 232 Å². The maximum absolute atomic E-state index is 11.7. The Morgan fingerprint density at radius 2 is 0.800 bits per heavy atom. The lowest BCUT2D eigenvalue weighted by Gasteiger charge is -2.43. The van der Waals surface area contributed by atoms with Crippen LogP contribution in [0.4, 0.5) is 0 Å². The largest absolute Gasteiger partial charge is 0.478 e. The van der Waals surface area contributed by atoms with Crippen molar-refractivity contribution < 1.29 is 39.6 Å². The molecule has 8 rings (SSSR count). The molecular weight excluding hydrogens is 753 g/mol. The highest BCUT2D eigenvalue weighted by Crippen LogP contribution is 2.52. The Morgan fingerprint density at radius 1 is 0.433 bits per heavy atom. The zero-order valence-electron chi connectivity index (χ0n) is 32.1. The first-order chi connectivity index (χ1) is 29.0. The fourth-order valence-corrected chi connectivity index (χ4v) is 8.39. The summed E-state index contributed by atoms with van der Waals surface area (Å²) in [5.74, 6) is -4.21. The topological polar surface area (TPSA) is 149 Å². The number of aromatic carboxylic acids is 4. The van der Waals surface area contributed by atoms with E-state index in [0.29, 0.717) is 6.42 Å². The molecule has 6 aromatic rings. The summed E-state index contributed by atoms with van der Waals surface area (Å²) in [7, 11) is 0. The van der Waals surface area contributed by atoms with Gasteiger partial charge in [0, 0.05) is 5.92 Å². The normalized spacial score (nSPS) is 15.9. The van der Waals surface area contributed by atoms with Crippen LogP contribution in [0.3, 0.4) is 0 Å². The van der Waals surface area contributed by atoms with Crippen LogP contribution in [0.2, 0.25) is 0 Å². The second kappa shape index (κ2) is 16.2. The fourth-order valence-electron chi connectivity index (χ4n) is 8.39. The Hall–Kier alpha value is -7.84. The van der Waals surface area contributed by atoms with Crippen LogP contribution in [0, 0.1) is 5.92 Å². The van der Waals surface area contributed by atoms with Gasteiger partial charge in [0.2, 0.25) is 0 Å². The Kier molecular flexibility index (Phi) is 10.5. The van der Waals surface area contributed by atoms with E-state index in [4.69, 9.17) is 0 Å². The summed E-state index contributed by atoms with van der Waals surface area (Å²) >= 11 is 0. The lowest BCUT2D eigenvalue weighted by molar-refractivity contribution is 0.0686. The van der Waals surface area contributed by atoms with Crippen molar-refractivity contribution in [2.75, 3.05) is 0 Å². The van der Waals surface area contributed by atoms with Gasteiger partial charge < -0.3 is 20.4 Å². The van der Waals surface area contributed by atoms with E-state index in [1.165, 1.54) is 0 Å². The van der Waals surface area contributed by atoms with E-state index in [0.717, 1.165) is 55.7 Å². The van der Waals surface area contributed by atoms with Crippen LogP contribution in [-0.4, -0.2) is 44.3 Å². The molecule has 0 saturated carbocycles. The highest BCUT2D eigenvalue weighted by atomic mass is 16.4. The van der Waals surface area contributed by atoms with Gasteiger partial charge >= 0.3 is 23.9 Å². The van der Waals surface area contributed by atoms with Gasteiger partial charge in [-0.05, 0) is 117 Å². The van der Waals surface area contributed by atoms with E-state index in [9.17, 15) is 39.6 Å². The third kappa shape index (κ3) is 7.50. The minimum Gasteiger partial charge on any atom is -0.478 e. The van der Waals surface area contributed by atoms with Crippen molar-refractivity contribution in [2.45, 2.75) is 17.8 Å². The lowest BCUT2D eigenvalue weighted by atomic mass is 9.59. The Balaban J connectivity index is 1.27. The van der Waals surface area contributed by atoms with Gasteiger partial charge in [-0.15, -0.1) is 0 Å². The van der Waals surface area contributed by atoms with Gasteiger partial charge in [-0.2, -0.15) is 0 Å². The molecule has 4 N–H and O–H groups in total. The van der Waals surface area contributed by atoms with Gasteiger partial charge in [0.1, 0.15) is 0 Å². The second-order valence-corrected chi connectivity index (χ2v) is 14.9. The SMILES string of the molecule is O=C(O)c1ccc(C2=CCC(C(C3=CC(c4ccc(C(=O)O)cc4)C=C3)(c3ccc(-c4ccc(C(=O)O)cc4)cc3)c3ccc(-c4ccc(C(=O)O)cc4)cc3)C=C2)cc1. The molecule has 0 bridgehead atoms. The standard InChI is InChI=1S/C52H38O8/c53-48(54)39-9-1-32(2-10-39)35-17-24-44(25-18-35)52(47-30-23-43(31-47)38-7-15-42(16-8-38)51(59)60,45-26-19-36(20-27-45)33-3-11-40(12-4-33)49(55)56)46-28-21-37(22-29-46)34-5-13-41(14-6-34)50(57)58/h1-28,30-31,43,46H,29H2,(H,53,54)(H,55,56)(H,57,58)(H,59,60). The fraction of sp³-hybridized carbons (Fsp3) is 0.0769. The van der Waals surface area contributed by atoms with E-state index < -0.39 is 29.3 Å². The number of rotatable bonds is 12. The summed E-state index contributed by atoms with van der Waals surface area (Å²) in [6.45, 7) is 0. The predicted octanol–water partition coefficient (Wildman–Crippen LogP) is 11.0. The number of allylic oxidation sites excluding steroid dienone is 8. The number of carbonyl (C=O) groups is 4. The Morgan fingerprint density at radius 3 is 1.17 bits per heavy atom. The minimum absolute atomic E-state index is 0.120. The summed E-state index contributed by atoms with van der Waals surface area (Å²) in [4.78, 5) is 46.4. The average molecular weight is 791 g/mol. The molecule has 60 heavy (non-hydrogen) atoms. The number of hydrogen-bond acceptors (Lipinski definition) is 4. The lowest BCUT2D eigenvalue weighted by Crippen LogP contribution is -2.37. The molecule has 2 aliphatic rings. The number of carboxylic acids is 4. The van der Waals surface area contributed by atoms with Gasteiger partial charge in [-0.1, -0.05) is 134 Å². The summed E-state index contributed by atoms with van der Waals surface area (Å²) in [5.41, 5.74) is 9.56. The molecular formula is C52H38O8. The van der Waals surface area contributed by atoms with Crippen LogP contribution in [0.25, 0.3) is 27.8 Å². The molecule has 2 atom stereocenters. The first-order valence-corrected chi connectivity index (χ1v) is 19.4. The molecule has 0 saturated heterocycles. The van der Waals surface area contributed by atoms with Gasteiger partial charge in [0.15, 0.2) is 0 Å². The minimum atomic E-state index is -0.992. The van der Waals surface area contributed by atoms with E-state index in [-0.39, 0.29) is 34.1 Å². The summed E-state index contributed by atoms with van der Waals surface area (Å²) < 4.78 is 0. The first-order valence-electron chi connectivity index (χ1n) is 19.4. The van der Waals surface area contributed by atoms with Crippen LogP contribution >= 0.6 is 0 Å². The maximum Gasteiger partial charge on any atom is 0.335 e. The molecule has 294 valence electrons. The van der Waals surface area contributed by atoms with Gasteiger partial charge in [-0.25, -0.2) is 19.2 Å². The highest BCUT2D eigenvalue weighted by molar-refractivity contribution is 5.90. The summed E-state index contributed by atoms with van der Waals surface area (Å²) in [6, 6.07) is 44.1. The number of carboxylic acid groups (broad SMARTS) is 4. The molecule has 0 heterocycles. The zero-order chi connectivity index (χ0) is 42.0. The monoisotopic (exact) mass is 790 g/mol. The van der Waals surface area contributed by atoms with Crippen molar-refractivity contribution in [3.8, 4) is 22.3 Å². The van der Waals surface area contributed by atoms with Crippen molar-refractivity contribution >= 4 is 29.5 Å². The van der Waals surface area contributed by atoms with Gasteiger partial charge in [0.05, 0.1) is 27.7 Å². The molecule has 6 aromatic carbocycles. The molecule has 0 radical (unpaired) electrons. The van der Waals surface area contributed by atoms with Crippen LogP contribution in [0.1, 0.15) is 76.0 Å². The third-order valence-corrected chi connectivity index (χ3v) is 11.6. The zero-order valence-corrected chi connectivity index (χ0v) is 32.1. The van der Waals surface area contributed by atoms with E-state index in [2.05, 4.69) is 85.0 Å². The van der Waals surface area contributed by atoms with Crippen molar-refractivity contribution in [1.29, 1.82) is 0 Å². The molecule has 0 amide bonds. The quantitative estimate of drug-likeness (QED) is 0.0957. The van der Waals surface area contributed by atoms with Crippen molar-refractivity contribution in [1.82, 2.24) is 0 Å². The smallest absolute Gasteiger partial charge is 0.335 e. The van der Waals surface area contributed by atoms with Crippen LogP contribution in [0.15, 0.2) is 188 Å². The van der Waals surface area contributed by atoms with Crippen molar-refractivity contribution in [2.24, 2.45) is 5.92 Å². The molecule has 2 unspecified atom stereocenters.